The van der Waals surface area contributed by atoms with Crippen LogP contribution in [0.25, 0.3) is 0 Å². The fraction of sp³-hybridized carbons (Fsp3) is 0.533. The topological polar surface area (TPSA) is 73.7 Å². The second-order valence-corrected chi connectivity index (χ2v) is 5.74. The first-order valence-corrected chi connectivity index (χ1v) is 7.28. The van der Waals surface area contributed by atoms with Crippen LogP contribution in [-0.4, -0.2) is 57.9 Å². The zero-order chi connectivity index (χ0) is 14.8. The van der Waals surface area contributed by atoms with Gasteiger partial charge in [-0.15, -0.1) is 0 Å². The Morgan fingerprint density at radius 3 is 2.38 bits per heavy atom. The summed E-state index contributed by atoms with van der Waals surface area (Å²) in [7, 11) is 0. The van der Waals surface area contributed by atoms with Crippen molar-refractivity contribution in [1.82, 2.24) is 14.8 Å². The van der Waals surface area contributed by atoms with Gasteiger partial charge in [-0.2, -0.15) is 0 Å². The zero-order valence-electron chi connectivity index (χ0n) is 11.8. The van der Waals surface area contributed by atoms with Crippen LogP contribution in [0.3, 0.4) is 0 Å². The number of hydrogen-bond acceptors (Lipinski definition) is 4. The van der Waals surface area contributed by atoms with Crippen LogP contribution in [0.15, 0.2) is 24.5 Å². The van der Waals surface area contributed by atoms with Gasteiger partial charge in [0.25, 0.3) is 0 Å². The number of pyridine rings is 1. The molecule has 0 radical (unpaired) electrons. The van der Waals surface area contributed by atoms with E-state index in [1.807, 2.05) is 17.0 Å². The molecule has 0 bridgehead atoms. The second kappa shape index (κ2) is 5.81. The number of aliphatic carboxylic acids is 1. The molecule has 1 aliphatic heterocycles. The van der Waals surface area contributed by atoms with Crippen LogP contribution < -0.4 is 0 Å². The van der Waals surface area contributed by atoms with Crippen LogP contribution in [0, 0.1) is 11.8 Å². The van der Waals surface area contributed by atoms with Crippen molar-refractivity contribution in [3.8, 4) is 0 Å². The van der Waals surface area contributed by atoms with E-state index in [0.29, 0.717) is 19.5 Å². The number of carbonyl (C=O) groups is 2. The van der Waals surface area contributed by atoms with Crippen molar-refractivity contribution < 1.29 is 14.7 Å². The van der Waals surface area contributed by atoms with Gasteiger partial charge in [-0.1, -0.05) is 0 Å². The van der Waals surface area contributed by atoms with Crippen molar-refractivity contribution in [2.75, 3.05) is 26.2 Å². The molecule has 1 amide bonds. The molecule has 21 heavy (non-hydrogen) atoms. The summed E-state index contributed by atoms with van der Waals surface area (Å²) in [6, 6.07) is 4.00. The van der Waals surface area contributed by atoms with E-state index in [1.165, 1.54) is 5.56 Å². The number of hydrogen-bond donors (Lipinski definition) is 1. The van der Waals surface area contributed by atoms with E-state index in [2.05, 4.69) is 9.88 Å². The first-order valence-electron chi connectivity index (χ1n) is 7.28. The van der Waals surface area contributed by atoms with E-state index < -0.39 is 11.9 Å². The number of carboxylic acids is 1. The summed E-state index contributed by atoms with van der Waals surface area (Å²) in [6.45, 7) is 3.91. The summed E-state index contributed by atoms with van der Waals surface area (Å²) >= 11 is 0. The largest absolute Gasteiger partial charge is 0.481 e. The third-order valence-corrected chi connectivity index (χ3v) is 4.26. The maximum atomic E-state index is 12.2. The Kier molecular flexibility index (Phi) is 3.88. The number of nitrogens with zero attached hydrogens (tertiary/aromatic N) is 3. The predicted molar refractivity (Wildman–Crippen MR) is 75.3 cm³/mol. The first kappa shape index (κ1) is 14.0. The molecule has 1 aromatic heterocycles. The van der Waals surface area contributed by atoms with Crippen molar-refractivity contribution >= 4 is 11.9 Å². The lowest BCUT2D eigenvalue weighted by Gasteiger charge is -2.35. The van der Waals surface area contributed by atoms with Gasteiger partial charge in [0.05, 0.1) is 11.8 Å². The molecule has 2 atom stereocenters. The molecule has 1 aliphatic carbocycles. The number of carbonyl (C=O) groups excluding carboxylic acids is 1. The van der Waals surface area contributed by atoms with Gasteiger partial charge < -0.3 is 10.0 Å². The Hall–Kier alpha value is -1.95. The summed E-state index contributed by atoms with van der Waals surface area (Å²) in [6.07, 6.45) is 4.08. The van der Waals surface area contributed by atoms with Gasteiger partial charge >= 0.3 is 5.97 Å². The minimum atomic E-state index is -0.843. The van der Waals surface area contributed by atoms with E-state index in [4.69, 9.17) is 5.11 Å². The minimum absolute atomic E-state index is 0.0194. The van der Waals surface area contributed by atoms with Crippen LogP contribution >= 0.6 is 0 Å². The van der Waals surface area contributed by atoms with E-state index in [1.54, 1.807) is 12.4 Å². The fourth-order valence-corrected chi connectivity index (χ4v) is 2.85. The van der Waals surface area contributed by atoms with Crippen LogP contribution in [0.2, 0.25) is 0 Å². The molecule has 0 aromatic carbocycles. The highest BCUT2D eigenvalue weighted by molar-refractivity contribution is 5.89. The number of piperazine rings is 1. The Morgan fingerprint density at radius 1 is 1.14 bits per heavy atom. The molecule has 1 saturated carbocycles. The lowest BCUT2D eigenvalue weighted by atomic mass is 10.2. The minimum Gasteiger partial charge on any atom is -0.481 e. The van der Waals surface area contributed by atoms with E-state index >= 15 is 0 Å². The highest BCUT2D eigenvalue weighted by Gasteiger charge is 2.49. The van der Waals surface area contributed by atoms with Crippen molar-refractivity contribution in [2.45, 2.75) is 13.0 Å². The number of amides is 1. The molecule has 1 aromatic rings. The van der Waals surface area contributed by atoms with Gasteiger partial charge in [-0.25, -0.2) is 0 Å². The van der Waals surface area contributed by atoms with Gasteiger partial charge in [0.1, 0.15) is 0 Å². The quantitative estimate of drug-likeness (QED) is 0.871. The maximum Gasteiger partial charge on any atom is 0.307 e. The molecule has 6 heteroatoms. The highest BCUT2D eigenvalue weighted by Crippen LogP contribution is 2.40. The second-order valence-electron chi connectivity index (χ2n) is 5.74. The monoisotopic (exact) mass is 289 g/mol. The Bertz CT molecular complexity index is 526. The summed E-state index contributed by atoms with van der Waals surface area (Å²) in [4.78, 5) is 31.1. The zero-order valence-corrected chi connectivity index (χ0v) is 11.8. The first-order chi connectivity index (χ1) is 10.1. The van der Waals surface area contributed by atoms with E-state index in [0.717, 1.165) is 19.6 Å². The molecule has 6 nitrogen and oxygen atoms in total. The van der Waals surface area contributed by atoms with Crippen molar-refractivity contribution in [2.24, 2.45) is 11.8 Å². The number of rotatable bonds is 4. The van der Waals surface area contributed by atoms with Crippen molar-refractivity contribution in [3.63, 3.8) is 0 Å². The lowest BCUT2D eigenvalue weighted by molar-refractivity contribution is -0.142. The molecular weight excluding hydrogens is 270 g/mol. The molecule has 1 N–H and O–H groups in total. The average molecular weight is 289 g/mol. The molecule has 2 fully saturated rings. The predicted octanol–water partition coefficient (Wildman–Crippen LogP) is 0.446. The van der Waals surface area contributed by atoms with Crippen LogP contribution in [0.5, 0.6) is 0 Å². The van der Waals surface area contributed by atoms with E-state index in [9.17, 15) is 9.59 Å². The van der Waals surface area contributed by atoms with Gasteiger partial charge in [0.15, 0.2) is 0 Å². The summed E-state index contributed by atoms with van der Waals surface area (Å²) in [5.74, 6) is -1.56. The fourth-order valence-electron chi connectivity index (χ4n) is 2.85. The molecule has 1 saturated heterocycles. The van der Waals surface area contributed by atoms with Gasteiger partial charge in [-0.3, -0.25) is 19.5 Å². The number of aromatic nitrogens is 1. The SMILES string of the molecule is O=C(O)C1CC1C(=O)N1CCN(Cc2ccncc2)CC1. The highest BCUT2D eigenvalue weighted by atomic mass is 16.4. The summed E-state index contributed by atoms with van der Waals surface area (Å²) < 4.78 is 0. The van der Waals surface area contributed by atoms with Crippen LogP contribution in [0.4, 0.5) is 0 Å². The summed E-state index contributed by atoms with van der Waals surface area (Å²) in [5, 5.41) is 8.89. The van der Waals surface area contributed by atoms with Gasteiger partial charge in [0.2, 0.25) is 5.91 Å². The Morgan fingerprint density at radius 2 is 1.81 bits per heavy atom. The van der Waals surface area contributed by atoms with Gasteiger partial charge in [0, 0.05) is 45.1 Å². The van der Waals surface area contributed by atoms with Crippen molar-refractivity contribution in [1.29, 1.82) is 0 Å². The molecule has 3 rings (SSSR count). The maximum absolute atomic E-state index is 12.2. The third kappa shape index (κ3) is 3.21. The standard InChI is InChI=1S/C15H19N3O3/c19-14(12-9-13(12)15(20)21)18-7-5-17(6-8-18)10-11-1-3-16-4-2-11/h1-4,12-13H,5-10H2,(H,20,21). The Labute approximate surface area is 123 Å². The lowest BCUT2D eigenvalue weighted by Crippen LogP contribution is -2.49. The normalized spacial score (nSPS) is 25.6. The molecular formula is C15H19N3O3. The molecule has 2 heterocycles. The molecule has 0 spiro atoms. The Balaban J connectivity index is 1.47. The molecule has 2 unspecified atom stereocenters. The van der Waals surface area contributed by atoms with E-state index in [-0.39, 0.29) is 11.8 Å². The summed E-state index contributed by atoms with van der Waals surface area (Å²) in [5.41, 5.74) is 1.22. The van der Waals surface area contributed by atoms with Crippen LogP contribution in [-0.2, 0) is 16.1 Å². The molecule has 112 valence electrons. The molecule has 2 aliphatic rings. The average Bonchev–Trinajstić information content (AvgIpc) is 3.29. The third-order valence-electron chi connectivity index (χ3n) is 4.26. The van der Waals surface area contributed by atoms with Crippen LogP contribution in [0.1, 0.15) is 12.0 Å². The smallest absolute Gasteiger partial charge is 0.307 e. The van der Waals surface area contributed by atoms with Gasteiger partial charge in [-0.05, 0) is 24.1 Å². The van der Waals surface area contributed by atoms with Crippen molar-refractivity contribution in [3.05, 3.63) is 30.1 Å². The number of carboxylic acid groups (broad SMARTS) is 1.